The number of carbonyl (C=O) groups excluding carboxylic acids is 1. The summed E-state index contributed by atoms with van der Waals surface area (Å²) in [7, 11) is -3.57. The Balaban J connectivity index is 1.50. The summed E-state index contributed by atoms with van der Waals surface area (Å²) in [6.07, 6.45) is 0. The summed E-state index contributed by atoms with van der Waals surface area (Å²) in [6.45, 7) is 1.95. The van der Waals surface area contributed by atoms with E-state index in [1.165, 1.54) is 11.3 Å². The van der Waals surface area contributed by atoms with E-state index >= 15 is 0 Å². The number of aromatic nitrogens is 1. The van der Waals surface area contributed by atoms with E-state index in [1.807, 2.05) is 25.1 Å². The summed E-state index contributed by atoms with van der Waals surface area (Å²) in [4.78, 5) is 15.8. The fourth-order valence-corrected chi connectivity index (χ4v) is 4.92. The molecule has 0 atom stereocenters. The molecule has 0 aliphatic carbocycles. The summed E-state index contributed by atoms with van der Waals surface area (Å²) in [5, 5.41) is 4.80. The van der Waals surface area contributed by atoms with Crippen LogP contribution in [-0.4, -0.2) is 25.9 Å². The Hall–Kier alpha value is -2.91. The number of carbonyl (C=O) groups is 1. The number of hydrogen-bond acceptors (Lipinski definition) is 6. The third-order valence-corrected chi connectivity index (χ3v) is 6.24. The van der Waals surface area contributed by atoms with E-state index in [0.717, 1.165) is 11.1 Å². The first-order valence-corrected chi connectivity index (χ1v) is 11.0. The highest BCUT2D eigenvalue weighted by molar-refractivity contribution is 7.92. The van der Waals surface area contributed by atoms with Gasteiger partial charge in [0.25, 0.3) is 5.91 Å². The van der Waals surface area contributed by atoms with Crippen molar-refractivity contribution in [1.29, 1.82) is 0 Å². The molecule has 9 heteroatoms. The Morgan fingerprint density at radius 3 is 2.79 bits per heavy atom. The molecule has 0 fully saturated rings. The number of ether oxygens (including phenoxy) is 1. The minimum Gasteiger partial charge on any atom is -0.482 e. The van der Waals surface area contributed by atoms with Crippen molar-refractivity contribution in [2.75, 3.05) is 16.6 Å². The van der Waals surface area contributed by atoms with Gasteiger partial charge in [0.1, 0.15) is 5.75 Å². The standard InChI is InChI=1S/C19H17N3O4S2/c1-12-2-4-13(5-3-12)11-28(24,25)22-19-21-16(10-27-19)14-6-7-17-15(8-14)20-18(23)9-26-17/h2-8,10H,9,11H2,1H3,(H,20,23)(H,21,22). The van der Waals surface area contributed by atoms with Gasteiger partial charge in [-0.05, 0) is 30.7 Å². The van der Waals surface area contributed by atoms with Crippen LogP contribution in [0.4, 0.5) is 10.8 Å². The molecular weight excluding hydrogens is 398 g/mol. The van der Waals surface area contributed by atoms with E-state index in [2.05, 4.69) is 15.0 Å². The summed E-state index contributed by atoms with van der Waals surface area (Å²) < 4.78 is 32.7. The van der Waals surface area contributed by atoms with E-state index in [1.54, 1.807) is 29.6 Å². The van der Waals surface area contributed by atoms with Crippen molar-refractivity contribution < 1.29 is 17.9 Å². The summed E-state index contributed by atoms with van der Waals surface area (Å²) in [6, 6.07) is 12.7. The van der Waals surface area contributed by atoms with Crippen LogP contribution in [0.1, 0.15) is 11.1 Å². The predicted molar refractivity (Wildman–Crippen MR) is 109 cm³/mol. The highest BCUT2D eigenvalue weighted by atomic mass is 32.2. The zero-order valence-electron chi connectivity index (χ0n) is 14.9. The van der Waals surface area contributed by atoms with E-state index in [0.29, 0.717) is 27.8 Å². The molecule has 1 amide bonds. The number of thiazole rings is 1. The molecule has 0 saturated heterocycles. The molecule has 3 aromatic rings. The molecule has 0 unspecified atom stereocenters. The number of amides is 1. The van der Waals surface area contributed by atoms with Gasteiger partial charge in [-0.3, -0.25) is 9.52 Å². The Morgan fingerprint density at radius 2 is 2.00 bits per heavy atom. The average Bonchev–Trinajstić information content (AvgIpc) is 3.10. The highest BCUT2D eigenvalue weighted by Gasteiger charge is 2.18. The topological polar surface area (TPSA) is 97.4 Å². The molecule has 2 aromatic carbocycles. The predicted octanol–water partition coefficient (Wildman–Crippen LogP) is 3.39. The quantitative estimate of drug-likeness (QED) is 0.666. The minimum absolute atomic E-state index is 0.00401. The van der Waals surface area contributed by atoms with Crippen LogP contribution in [0, 0.1) is 6.92 Å². The Morgan fingerprint density at radius 1 is 1.21 bits per heavy atom. The maximum Gasteiger partial charge on any atom is 0.262 e. The lowest BCUT2D eigenvalue weighted by Crippen LogP contribution is -2.25. The molecule has 1 aliphatic heterocycles. The van der Waals surface area contributed by atoms with Gasteiger partial charge >= 0.3 is 0 Å². The van der Waals surface area contributed by atoms with Crippen molar-refractivity contribution in [2.24, 2.45) is 0 Å². The van der Waals surface area contributed by atoms with Crippen molar-refractivity contribution in [3.63, 3.8) is 0 Å². The number of fused-ring (bicyclic) bond motifs is 1. The molecule has 0 bridgehead atoms. The molecule has 28 heavy (non-hydrogen) atoms. The SMILES string of the molecule is Cc1ccc(CS(=O)(=O)Nc2nc(-c3ccc4c(c3)NC(=O)CO4)cs2)cc1. The monoisotopic (exact) mass is 415 g/mol. The molecule has 1 aromatic heterocycles. The molecule has 7 nitrogen and oxygen atoms in total. The van der Waals surface area contributed by atoms with Gasteiger partial charge in [0.15, 0.2) is 11.7 Å². The molecule has 0 radical (unpaired) electrons. The van der Waals surface area contributed by atoms with Crippen LogP contribution in [0.25, 0.3) is 11.3 Å². The van der Waals surface area contributed by atoms with E-state index in [9.17, 15) is 13.2 Å². The second kappa shape index (κ2) is 7.25. The molecule has 4 rings (SSSR count). The second-order valence-corrected chi connectivity index (χ2v) is 9.01. The molecule has 2 heterocycles. The van der Waals surface area contributed by atoms with Gasteiger partial charge < -0.3 is 10.1 Å². The first-order chi connectivity index (χ1) is 13.4. The Kier molecular flexibility index (Phi) is 4.78. The number of hydrogen-bond donors (Lipinski definition) is 2. The van der Waals surface area contributed by atoms with Crippen molar-refractivity contribution in [3.8, 4) is 17.0 Å². The Labute approximate surface area is 166 Å². The smallest absolute Gasteiger partial charge is 0.262 e. The fourth-order valence-electron chi connectivity index (χ4n) is 2.77. The van der Waals surface area contributed by atoms with Gasteiger partial charge in [-0.15, -0.1) is 11.3 Å². The zero-order chi connectivity index (χ0) is 19.7. The van der Waals surface area contributed by atoms with E-state index in [-0.39, 0.29) is 18.3 Å². The van der Waals surface area contributed by atoms with Crippen LogP contribution in [-0.2, 0) is 20.6 Å². The number of nitrogens with zero attached hydrogens (tertiary/aromatic N) is 1. The third kappa shape index (κ3) is 4.15. The van der Waals surface area contributed by atoms with Crippen LogP contribution < -0.4 is 14.8 Å². The van der Waals surface area contributed by atoms with Crippen LogP contribution >= 0.6 is 11.3 Å². The normalized spacial score (nSPS) is 13.4. The van der Waals surface area contributed by atoms with Crippen LogP contribution in [0.5, 0.6) is 5.75 Å². The number of nitrogens with one attached hydrogen (secondary N) is 2. The molecular formula is C19H17N3O4S2. The van der Waals surface area contributed by atoms with Crippen LogP contribution in [0.2, 0.25) is 0 Å². The first kappa shape index (κ1) is 18.5. The van der Waals surface area contributed by atoms with Crippen LogP contribution in [0.3, 0.4) is 0 Å². The first-order valence-electron chi connectivity index (χ1n) is 8.47. The maximum absolute atomic E-state index is 12.4. The van der Waals surface area contributed by atoms with Crippen LogP contribution in [0.15, 0.2) is 47.8 Å². The van der Waals surface area contributed by atoms with Gasteiger partial charge in [0.05, 0.1) is 17.1 Å². The lowest BCUT2D eigenvalue weighted by Gasteiger charge is -2.18. The second-order valence-electron chi connectivity index (χ2n) is 6.43. The van der Waals surface area contributed by atoms with Crippen molar-refractivity contribution in [2.45, 2.75) is 12.7 Å². The molecule has 0 spiro atoms. The fraction of sp³-hybridized carbons (Fsp3) is 0.158. The number of benzene rings is 2. The largest absolute Gasteiger partial charge is 0.482 e. The van der Waals surface area contributed by atoms with Gasteiger partial charge in [0, 0.05) is 10.9 Å². The molecule has 144 valence electrons. The molecule has 1 aliphatic rings. The number of rotatable bonds is 5. The third-order valence-electron chi connectivity index (χ3n) is 4.13. The summed E-state index contributed by atoms with van der Waals surface area (Å²) in [5.41, 5.74) is 3.72. The summed E-state index contributed by atoms with van der Waals surface area (Å²) in [5.74, 6) is 0.259. The van der Waals surface area contributed by atoms with Gasteiger partial charge in [0.2, 0.25) is 10.0 Å². The van der Waals surface area contributed by atoms with Crippen molar-refractivity contribution in [3.05, 3.63) is 59.0 Å². The molecule has 0 saturated carbocycles. The van der Waals surface area contributed by atoms with Gasteiger partial charge in [-0.2, -0.15) is 0 Å². The minimum atomic E-state index is -3.57. The Bertz CT molecular complexity index is 1140. The molecule has 2 N–H and O–H groups in total. The van der Waals surface area contributed by atoms with Gasteiger partial charge in [-0.25, -0.2) is 13.4 Å². The van der Waals surface area contributed by atoms with Gasteiger partial charge in [-0.1, -0.05) is 29.8 Å². The number of sulfonamides is 1. The zero-order valence-corrected chi connectivity index (χ0v) is 16.6. The number of anilines is 2. The number of aryl methyl sites for hydroxylation is 1. The maximum atomic E-state index is 12.4. The highest BCUT2D eigenvalue weighted by Crippen LogP contribution is 2.34. The van der Waals surface area contributed by atoms with Crippen molar-refractivity contribution in [1.82, 2.24) is 4.98 Å². The average molecular weight is 415 g/mol. The van der Waals surface area contributed by atoms with Crippen molar-refractivity contribution >= 4 is 38.1 Å². The van der Waals surface area contributed by atoms with E-state index < -0.39 is 10.0 Å². The lowest BCUT2D eigenvalue weighted by atomic mass is 10.1. The lowest BCUT2D eigenvalue weighted by molar-refractivity contribution is -0.118. The van der Waals surface area contributed by atoms with E-state index in [4.69, 9.17) is 4.74 Å². The summed E-state index contributed by atoms with van der Waals surface area (Å²) >= 11 is 1.20.